The second-order valence-corrected chi connectivity index (χ2v) is 12.9. The second kappa shape index (κ2) is 14.1. The summed E-state index contributed by atoms with van der Waals surface area (Å²) in [5.74, 6) is 0.547. The Kier molecular flexibility index (Phi) is 10.8. The van der Waals surface area contributed by atoms with Crippen molar-refractivity contribution in [3.05, 3.63) is 48.0 Å². The lowest BCUT2D eigenvalue weighted by molar-refractivity contribution is 0.0376. The van der Waals surface area contributed by atoms with Crippen molar-refractivity contribution in [1.29, 1.82) is 0 Å². The molecule has 0 aliphatic carbocycles. The van der Waals surface area contributed by atoms with Crippen LogP contribution in [0.2, 0.25) is 0 Å². The summed E-state index contributed by atoms with van der Waals surface area (Å²) in [6.07, 6.45) is 4.65. The summed E-state index contributed by atoms with van der Waals surface area (Å²) in [6, 6.07) is 12.0. The zero-order valence-electron chi connectivity index (χ0n) is 22.8. The molecule has 3 heterocycles. The van der Waals surface area contributed by atoms with E-state index in [0.29, 0.717) is 30.3 Å². The number of nitrogens with zero attached hydrogens (tertiary/aromatic N) is 4. The Balaban J connectivity index is 0.00000370. The van der Waals surface area contributed by atoms with Crippen LogP contribution in [0.5, 0.6) is 5.75 Å². The molecule has 2 aliphatic heterocycles. The lowest BCUT2D eigenvalue weighted by atomic mass is 10.2. The molecule has 218 valence electrons. The molecule has 5 rings (SSSR count). The minimum Gasteiger partial charge on any atom is -0.497 e. The van der Waals surface area contributed by atoms with Crippen molar-refractivity contribution in [2.45, 2.75) is 37.0 Å². The van der Waals surface area contributed by atoms with E-state index in [1.54, 1.807) is 40.6 Å². The van der Waals surface area contributed by atoms with E-state index in [1.807, 2.05) is 18.2 Å². The minimum atomic E-state index is -3.58. The fourth-order valence-corrected chi connectivity index (χ4v) is 7.59. The number of rotatable bonds is 9. The molecule has 1 aromatic heterocycles. The van der Waals surface area contributed by atoms with E-state index in [9.17, 15) is 13.2 Å². The van der Waals surface area contributed by atoms with Gasteiger partial charge in [0, 0.05) is 44.8 Å². The topological polar surface area (TPSA) is 92.3 Å². The predicted octanol–water partition coefficient (Wildman–Crippen LogP) is 4.66. The Morgan fingerprint density at radius 1 is 1.02 bits per heavy atom. The van der Waals surface area contributed by atoms with Gasteiger partial charge in [0.05, 0.1) is 35.4 Å². The number of fused-ring (bicyclic) bond motifs is 1. The van der Waals surface area contributed by atoms with Crippen molar-refractivity contribution in [3.63, 3.8) is 0 Å². The number of morpholine rings is 1. The SMILES string of the molecule is COc1ccc2nc(N(CCCN3CCOCC3)C(=O)c3ccc(S(=O)(=O)N4CCCCCC4)cc3)sc2c1.Cl. The Hall–Kier alpha value is -2.28. The van der Waals surface area contributed by atoms with Gasteiger partial charge in [-0.2, -0.15) is 4.31 Å². The number of halogens is 1. The fourth-order valence-electron chi connectivity index (χ4n) is 5.05. The zero-order chi connectivity index (χ0) is 27.2. The molecule has 12 heteroatoms. The summed E-state index contributed by atoms with van der Waals surface area (Å²) < 4.78 is 39.8. The molecular weight excluding hydrogens is 572 g/mol. The maximum atomic E-state index is 13.8. The molecule has 9 nitrogen and oxygen atoms in total. The van der Waals surface area contributed by atoms with Crippen LogP contribution in [0.3, 0.4) is 0 Å². The van der Waals surface area contributed by atoms with Gasteiger partial charge in [-0.25, -0.2) is 13.4 Å². The third kappa shape index (κ3) is 7.13. The third-order valence-electron chi connectivity index (χ3n) is 7.32. The van der Waals surface area contributed by atoms with Crippen molar-refractivity contribution < 1.29 is 22.7 Å². The first-order chi connectivity index (χ1) is 19.0. The summed E-state index contributed by atoms with van der Waals surface area (Å²) >= 11 is 1.45. The molecule has 2 aromatic carbocycles. The summed E-state index contributed by atoms with van der Waals surface area (Å²) in [5, 5.41) is 0.617. The van der Waals surface area contributed by atoms with E-state index in [0.717, 1.165) is 80.9 Å². The molecule has 0 radical (unpaired) electrons. The number of benzene rings is 2. The molecule has 2 fully saturated rings. The van der Waals surface area contributed by atoms with Crippen LogP contribution in [-0.4, -0.2) is 88.1 Å². The maximum absolute atomic E-state index is 13.8. The van der Waals surface area contributed by atoms with Gasteiger partial charge in [0.1, 0.15) is 5.75 Å². The van der Waals surface area contributed by atoms with E-state index in [-0.39, 0.29) is 23.2 Å². The molecule has 0 saturated carbocycles. The molecular formula is C28H37ClN4O5S2. The summed E-state index contributed by atoms with van der Waals surface area (Å²) in [6.45, 7) is 5.69. The van der Waals surface area contributed by atoms with Crippen LogP contribution in [0.1, 0.15) is 42.5 Å². The Morgan fingerprint density at radius 3 is 2.40 bits per heavy atom. The number of hydrogen-bond acceptors (Lipinski definition) is 8. The Morgan fingerprint density at radius 2 is 1.73 bits per heavy atom. The summed E-state index contributed by atoms with van der Waals surface area (Å²) in [5.41, 5.74) is 1.24. The summed E-state index contributed by atoms with van der Waals surface area (Å²) in [4.78, 5) is 22.9. The van der Waals surface area contributed by atoms with Gasteiger partial charge in [0.15, 0.2) is 5.13 Å². The lowest BCUT2D eigenvalue weighted by Gasteiger charge is -2.27. The number of methoxy groups -OCH3 is 1. The molecule has 0 unspecified atom stereocenters. The van der Waals surface area contributed by atoms with Gasteiger partial charge in [-0.05, 0) is 61.7 Å². The third-order valence-corrected chi connectivity index (χ3v) is 10.3. The molecule has 40 heavy (non-hydrogen) atoms. The average Bonchev–Trinajstić information content (AvgIpc) is 3.18. The zero-order valence-corrected chi connectivity index (χ0v) is 25.2. The lowest BCUT2D eigenvalue weighted by Crippen LogP contribution is -2.39. The number of anilines is 1. The van der Waals surface area contributed by atoms with Gasteiger partial charge >= 0.3 is 0 Å². The Bertz CT molecular complexity index is 1370. The molecule has 3 aromatic rings. The van der Waals surface area contributed by atoms with Crippen LogP contribution in [-0.2, 0) is 14.8 Å². The van der Waals surface area contributed by atoms with E-state index in [2.05, 4.69) is 4.90 Å². The molecule has 0 atom stereocenters. The van der Waals surface area contributed by atoms with Crippen LogP contribution in [0.4, 0.5) is 5.13 Å². The molecule has 1 amide bonds. The van der Waals surface area contributed by atoms with Gasteiger partial charge in [-0.1, -0.05) is 24.2 Å². The van der Waals surface area contributed by atoms with Crippen molar-refractivity contribution in [2.75, 3.05) is 64.5 Å². The number of ether oxygens (including phenoxy) is 2. The molecule has 0 bridgehead atoms. The highest BCUT2D eigenvalue weighted by molar-refractivity contribution is 7.89. The van der Waals surface area contributed by atoms with E-state index in [4.69, 9.17) is 14.5 Å². The first-order valence-corrected chi connectivity index (χ1v) is 15.9. The van der Waals surface area contributed by atoms with Crippen molar-refractivity contribution >= 4 is 55.0 Å². The fraction of sp³-hybridized carbons (Fsp3) is 0.500. The van der Waals surface area contributed by atoms with Crippen molar-refractivity contribution in [2.24, 2.45) is 0 Å². The van der Waals surface area contributed by atoms with E-state index in [1.165, 1.54) is 11.3 Å². The Labute approximate surface area is 246 Å². The first kappa shape index (κ1) is 30.7. The number of aromatic nitrogens is 1. The van der Waals surface area contributed by atoms with Crippen LogP contribution >= 0.6 is 23.7 Å². The number of hydrogen-bond donors (Lipinski definition) is 0. The predicted molar refractivity (Wildman–Crippen MR) is 161 cm³/mol. The van der Waals surface area contributed by atoms with Crippen LogP contribution < -0.4 is 9.64 Å². The number of thiazole rings is 1. The molecule has 0 N–H and O–H groups in total. The highest BCUT2D eigenvalue weighted by Crippen LogP contribution is 2.32. The van der Waals surface area contributed by atoms with E-state index < -0.39 is 10.0 Å². The standard InChI is InChI=1S/C28H36N4O5S2.ClH/c1-36-23-9-12-25-26(21-23)38-28(29-25)32(16-6-13-30-17-19-37-20-18-30)27(33)22-7-10-24(11-8-22)39(34,35)31-14-4-2-3-5-15-31;/h7-12,21H,2-6,13-20H2,1H3;1H. The number of carbonyl (C=O) groups excluding carboxylic acids is 1. The smallest absolute Gasteiger partial charge is 0.260 e. The summed E-state index contributed by atoms with van der Waals surface area (Å²) in [7, 11) is -1.95. The largest absolute Gasteiger partial charge is 0.497 e. The van der Waals surface area contributed by atoms with Gasteiger partial charge < -0.3 is 9.47 Å². The van der Waals surface area contributed by atoms with Crippen LogP contribution in [0.15, 0.2) is 47.4 Å². The minimum absolute atomic E-state index is 0. The van der Waals surface area contributed by atoms with Crippen molar-refractivity contribution in [1.82, 2.24) is 14.2 Å². The van der Waals surface area contributed by atoms with Gasteiger partial charge in [0.2, 0.25) is 10.0 Å². The molecule has 2 saturated heterocycles. The van der Waals surface area contributed by atoms with Crippen LogP contribution in [0.25, 0.3) is 10.2 Å². The van der Waals surface area contributed by atoms with Crippen LogP contribution in [0, 0.1) is 0 Å². The van der Waals surface area contributed by atoms with Gasteiger partial charge in [-0.3, -0.25) is 14.6 Å². The van der Waals surface area contributed by atoms with E-state index >= 15 is 0 Å². The highest BCUT2D eigenvalue weighted by atomic mass is 35.5. The number of carbonyl (C=O) groups is 1. The first-order valence-electron chi connectivity index (χ1n) is 13.6. The second-order valence-electron chi connectivity index (χ2n) is 9.94. The highest BCUT2D eigenvalue weighted by Gasteiger charge is 2.27. The van der Waals surface area contributed by atoms with Gasteiger partial charge in [0.25, 0.3) is 5.91 Å². The van der Waals surface area contributed by atoms with Gasteiger partial charge in [-0.15, -0.1) is 12.4 Å². The number of amides is 1. The van der Waals surface area contributed by atoms with Crippen molar-refractivity contribution in [3.8, 4) is 5.75 Å². The monoisotopic (exact) mass is 608 g/mol. The average molecular weight is 609 g/mol. The molecule has 2 aliphatic rings. The normalized spacial score (nSPS) is 17.2. The maximum Gasteiger partial charge on any atom is 0.260 e. The molecule has 0 spiro atoms. The number of sulfonamides is 1. The quantitative estimate of drug-likeness (QED) is 0.349.